The first-order chi connectivity index (χ1) is 5.65. The zero-order valence-electron chi connectivity index (χ0n) is 6.51. The molecule has 0 unspecified atom stereocenters. The van der Waals surface area contributed by atoms with E-state index in [9.17, 15) is 8.78 Å². The van der Waals surface area contributed by atoms with E-state index < -0.39 is 18.7 Å². The Kier molecular flexibility index (Phi) is 5.13. The van der Waals surface area contributed by atoms with E-state index in [-0.39, 0.29) is 23.0 Å². The molecule has 0 aromatic carbocycles. The summed E-state index contributed by atoms with van der Waals surface area (Å²) in [5.74, 6) is -0.774. The van der Waals surface area contributed by atoms with E-state index in [0.717, 1.165) is 6.20 Å². The lowest BCUT2D eigenvalue weighted by Gasteiger charge is -2.07. The molecule has 13 heavy (non-hydrogen) atoms. The summed E-state index contributed by atoms with van der Waals surface area (Å²) in [6.07, 6.45) is 1.14. The Hall–Kier alpha value is -0.450. The fourth-order valence-electron chi connectivity index (χ4n) is 0.781. The zero-order valence-corrected chi connectivity index (χ0v) is 8.08. The maximum atomic E-state index is 12.8. The third kappa shape index (κ3) is 3.06. The van der Waals surface area contributed by atoms with Crippen LogP contribution in [0.2, 0.25) is 5.02 Å². The van der Waals surface area contributed by atoms with E-state index in [4.69, 9.17) is 17.3 Å². The number of rotatable bonds is 2. The number of pyridine rings is 1. The van der Waals surface area contributed by atoms with Crippen molar-refractivity contribution in [2.75, 3.05) is 6.67 Å². The Balaban J connectivity index is 0.00000144. The van der Waals surface area contributed by atoms with Gasteiger partial charge >= 0.3 is 0 Å². The molecule has 1 aromatic heterocycles. The van der Waals surface area contributed by atoms with E-state index in [1.165, 1.54) is 6.07 Å². The lowest BCUT2D eigenvalue weighted by atomic mass is 10.1. The summed E-state index contributed by atoms with van der Waals surface area (Å²) in [6.45, 7) is -0.834. The van der Waals surface area contributed by atoms with Gasteiger partial charge in [0.15, 0.2) is 0 Å². The molecule has 0 aliphatic heterocycles. The standard InChI is InChI=1S/C7H7ClF2N2.ClH/c8-4-1-5(6(11)2-9)7(10)12-3-4;/h1,3,6H,2,11H2;1H/t6-;/m0./s1. The lowest BCUT2D eigenvalue weighted by Crippen LogP contribution is -2.14. The van der Waals surface area contributed by atoms with Crippen molar-refractivity contribution in [3.8, 4) is 0 Å². The van der Waals surface area contributed by atoms with Gasteiger partial charge in [0.05, 0.1) is 11.1 Å². The number of hydrogen-bond donors (Lipinski definition) is 1. The molecule has 0 aliphatic rings. The van der Waals surface area contributed by atoms with Crippen LogP contribution in [0.5, 0.6) is 0 Å². The molecule has 0 amide bonds. The van der Waals surface area contributed by atoms with Crippen LogP contribution in [0.3, 0.4) is 0 Å². The molecule has 1 atom stereocenters. The van der Waals surface area contributed by atoms with Crippen molar-refractivity contribution in [1.29, 1.82) is 0 Å². The molecule has 2 nitrogen and oxygen atoms in total. The highest BCUT2D eigenvalue weighted by molar-refractivity contribution is 6.30. The average Bonchev–Trinajstić information content (AvgIpc) is 2.08. The number of hydrogen-bond acceptors (Lipinski definition) is 2. The minimum atomic E-state index is -0.990. The van der Waals surface area contributed by atoms with E-state index in [1.54, 1.807) is 0 Å². The molecular weight excluding hydrogens is 221 g/mol. The Labute approximate surface area is 85.5 Å². The first kappa shape index (κ1) is 12.6. The van der Waals surface area contributed by atoms with Crippen LogP contribution in [0.4, 0.5) is 8.78 Å². The molecule has 0 saturated heterocycles. The van der Waals surface area contributed by atoms with Crippen LogP contribution < -0.4 is 5.73 Å². The van der Waals surface area contributed by atoms with Crippen LogP contribution in [0.15, 0.2) is 12.3 Å². The molecule has 0 aliphatic carbocycles. The number of halogens is 4. The van der Waals surface area contributed by atoms with Gasteiger partial charge in [-0.2, -0.15) is 4.39 Å². The van der Waals surface area contributed by atoms with Crippen LogP contribution in [0, 0.1) is 5.95 Å². The van der Waals surface area contributed by atoms with Gasteiger partial charge in [-0.15, -0.1) is 12.4 Å². The van der Waals surface area contributed by atoms with Crippen LogP contribution in [0.25, 0.3) is 0 Å². The van der Waals surface area contributed by atoms with Gasteiger partial charge in [-0.25, -0.2) is 9.37 Å². The first-order valence-corrected chi connectivity index (χ1v) is 3.65. The summed E-state index contributed by atoms with van der Waals surface area (Å²) >= 11 is 5.51. The van der Waals surface area contributed by atoms with Crippen molar-refractivity contribution in [1.82, 2.24) is 4.98 Å². The molecule has 0 spiro atoms. The van der Waals surface area contributed by atoms with E-state index >= 15 is 0 Å². The van der Waals surface area contributed by atoms with Gasteiger partial charge in [-0.1, -0.05) is 11.6 Å². The highest BCUT2D eigenvalue weighted by atomic mass is 35.5. The zero-order chi connectivity index (χ0) is 9.14. The molecule has 1 heterocycles. The second-order valence-corrected chi connectivity index (χ2v) is 2.73. The second kappa shape index (κ2) is 5.32. The first-order valence-electron chi connectivity index (χ1n) is 3.27. The highest BCUT2D eigenvalue weighted by Crippen LogP contribution is 2.17. The van der Waals surface area contributed by atoms with Crippen LogP contribution in [-0.2, 0) is 0 Å². The fourth-order valence-corrected chi connectivity index (χ4v) is 0.948. The maximum absolute atomic E-state index is 12.8. The monoisotopic (exact) mass is 228 g/mol. The maximum Gasteiger partial charge on any atom is 0.217 e. The number of alkyl halides is 1. The quantitative estimate of drug-likeness (QED) is 0.790. The lowest BCUT2D eigenvalue weighted by molar-refractivity contribution is 0.422. The molecule has 1 aromatic rings. The minimum absolute atomic E-state index is 0. The summed E-state index contributed by atoms with van der Waals surface area (Å²) in [6, 6.07) is 0.282. The molecule has 0 radical (unpaired) electrons. The predicted molar refractivity (Wildman–Crippen MR) is 49.4 cm³/mol. The van der Waals surface area contributed by atoms with Crippen molar-refractivity contribution in [3.63, 3.8) is 0 Å². The number of nitrogens with two attached hydrogens (primary N) is 1. The summed E-state index contributed by atoms with van der Waals surface area (Å²) in [7, 11) is 0. The largest absolute Gasteiger partial charge is 0.322 e. The van der Waals surface area contributed by atoms with E-state index in [2.05, 4.69) is 4.98 Å². The van der Waals surface area contributed by atoms with E-state index in [1.807, 2.05) is 0 Å². The van der Waals surface area contributed by atoms with Crippen LogP contribution in [-0.4, -0.2) is 11.7 Å². The van der Waals surface area contributed by atoms with Crippen molar-refractivity contribution >= 4 is 24.0 Å². The van der Waals surface area contributed by atoms with Crippen LogP contribution in [0.1, 0.15) is 11.6 Å². The molecule has 1 rings (SSSR count). The Morgan fingerprint density at radius 1 is 1.62 bits per heavy atom. The van der Waals surface area contributed by atoms with Gasteiger partial charge in [0.2, 0.25) is 5.95 Å². The molecule has 74 valence electrons. The van der Waals surface area contributed by atoms with Gasteiger partial charge in [-0.05, 0) is 6.07 Å². The topological polar surface area (TPSA) is 38.9 Å². The highest BCUT2D eigenvalue weighted by Gasteiger charge is 2.12. The summed E-state index contributed by atoms with van der Waals surface area (Å²) < 4.78 is 24.8. The smallest absolute Gasteiger partial charge is 0.217 e. The van der Waals surface area contributed by atoms with Crippen molar-refractivity contribution in [2.24, 2.45) is 5.73 Å². The van der Waals surface area contributed by atoms with Gasteiger partial charge in [0.25, 0.3) is 0 Å². The molecular formula is C7H8Cl2F2N2. The van der Waals surface area contributed by atoms with Crippen LogP contribution >= 0.6 is 24.0 Å². The Morgan fingerprint density at radius 2 is 2.23 bits per heavy atom. The third-order valence-electron chi connectivity index (χ3n) is 1.40. The second-order valence-electron chi connectivity index (χ2n) is 2.29. The number of nitrogens with zero attached hydrogens (tertiary/aromatic N) is 1. The summed E-state index contributed by atoms with van der Waals surface area (Å²) in [5, 5.41) is 0.246. The normalized spacial score (nSPS) is 12.0. The molecule has 0 fully saturated rings. The van der Waals surface area contributed by atoms with Crippen molar-refractivity contribution in [3.05, 3.63) is 28.8 Å². The molecule has 0 bridgehead atoms. The van der Waals surface area contributed by atoms with Crippen molar-refractivity contribution < 1.29 is 8.78 Å². The van der Waals surface area contributed by atoms with Gasteiger partial charge in [0, 0.05) is 11.8 Å². The minimum Gasteiger partial charge on any atom is -0.322 e. The summed E-state index contributed by atoms with van der Waals surface area (Å²) in [4.78, 5) is 3.30. The average molecular weight is 229 g/mol. The Bertz CT molecular complexity index is 283. The molecule has 2 N–H and O–H groups in total. The van der Waals surface area contributed by atoms with Gasteiger partial charge < -0.3 is 5.73 Å². The SMILES string of the molecule is Cl.N[C@@H](CF)c1cc(Cl)cnc1F. The third-order valence-corrected chi connectivity index (χ3v) is 1.61. The number of aromatic nitrogens is 1. The van der Waals surface area contributed by atoms with Gasteiger partial charge in [0.1, 0.15) is 6.67 Å². The van der Waals surface area contributed by atoms with Crippen molar-refractivity contribution in [2.45, 2.75) is 6.04 Å². The predicted octanol–water partition coefficient (Wildman–Crippen LogP) is 2.27. The van der Waals surface area contributed by atoms with E-state index in [0.29, 0.717) is 0 Å². The fraction of sp³-hybridized carbons (Fsp3) is 0.286. The summed E-state index contributed by atoms with van der Waals surface area (Å²) in [5.41, 5.74) is 5.25. The molecule has 6 heteroatoms. The molecule has 0 saturated carbocycles. The van der Waals surface area contributed by atoms with Gasteiger partial charge in [-0.3, -0.25) is 0 Å². The Morgan fingerprint density at radius 3 is 2.77 bits per heavy atom.